The molecule has 6 unspecified atom stereocenters. The Morgan fingerprint density at radius 1 is 0.957 bits per heavy atom. The lowest BCUT2D eigenvalue weighted by Gasteiger charge is -2.39. The molecule has 0 bridgehead atoms. The van der Waals surface area contributed by atoms with Crippen LogP contribution >= 0.6 is 0 Å². The Bertz CT molecular complexity index is 294. The molecule has 0 N–H and O–H groups in total. The first-order valence-corrected chi connectivity index (χ1v) is 11.0. The highest BCUT2D eigenvalue weighted by Crippen LogP contribution is 2.42. The summed E-state index contributed by atoms with van der Waals surface area (Å²) in [5.74, 6) is 6.49. The molecule has 0 heterocycles. The smallest absolute Gasteiger partial charge is 0.0780 e. The topological polar surface area (TPSA) is 0 Å². The fraction of sp³-hybridized carbons (Fsp3) is 1.00. The van der Waals surface area contributed by atoms with E-state index in [0.717, 1.165) is 41.4 Å². The van der Waals surface area contributed by atoms with E-state index in [4.69, 9.17) is 0 Å². The van der Waals surface area contributed by atoms with Gasteiger partial charge in [-0.3, -0.25) is 0 Å². The van der Waals surface area contributed by atoms with Crippen LogP contribution in [0.5, 0.6) is 0 Å². The normalized spacial score (nSPS) is 24.1. The summed E-state index contributed by atoms with van der Waals surface area (Å²) in [7, 11) is 2.43. The summed E-state index contributed by atoms with van der Waals surface area (Å²) in [6.07, 6.45) is 12.9. The molecule has 136 valence electrons. The van der Waals surface area contributed by atoms with Crippen LogP contribution < -0.4 is 0 Å². The van der Waals surface area contributed by atoms with Crippen molar-refractivity contribution in [1.29, 1.82) is 0 Å². The molecule has 1 aliphatic rings. The van der Waals surface area contributed by atoms with Gasteiger partial charge in [0.05, 0.1) is 0 Å². The molecule has 0 aromatic carbocycles. The Balaban J connectivity index is 2.67. The number of hydrogen-bond acceptors (Lipinski definition) is 0. The van der Waals surface area contributed by atoms with Crippen LogP contribution in [0.25, 0.3) is 0 Å². The molecule has 0 spiro atoms. The van der Waals surface area contributed by atoms with Crippen LogP contribution in [0.4, 0.5) is 0 Å². The lowest BCUT2D eigenvalue weighted by atomic mass is 9.65. The first-order valence-electron chi connectivity index (χ1n) is 11.0. The average molecular weight is 320 g/mol. The zero-order chi connectivity index (χ0) is 17.4. The highest BCUT2D eigenvalue weighted by Gasteiger charge is 2.34. The molecule has 1 fully saturated rings. The summed E-state index contributed by atoms with van der Waals surface area (Å²) in [4.78, 5) is 0. The van der Waals surface area contributed by atoms with Crippen LogP contribution in [-0.2, 0) is 0 Å². The highest BCUT2D eigenvalue weighted by atomic mass is 14.4. The largest absolute Gasteiger partial charge is 0.101 e. The van der Waals surface area contributed by atoms with Crippen molar-refractivity contribution >= 4 is 7.85 Å². The van der Waals surface area contributed by atoms with E-state index < -0.39 is 0 Å². The van der Waals surface area contributed by atoms with Crippen molar-refractivity contribution in [2.45, 2.75) is 99.2 Å². The monoisotopic (exact) mass is 320 g/mol. The maximum atomic E-state index is 2.58. The van der Waals surface area contributed by atoms with Gasteiger partial charge >= 0.3 is 0 Å². The van der Waals surface area contributed by atoms with Crippen molar-refractivity contribution in [3.05, 3.63) is 0 Å². The summed E-state index contributed by atoms with van der Waals surface area (Å²) in [6, 6.07) is 0. The zero-order valence-corrected chi connectivity index (χ0v) is 17.4. The van der Waals surface area contributed by atoms with Crippen LogP contribution in [-0.4, -0.2) is 7.85 Å². The number of hydrogen-bond donors (Lipinski definition) is 0. The van der Waals surface area contributed by atoms with Crippen LogP contribution in [0.1, 0.15) is 92.9 Å². The molecule has 0 nitrogen and oxygen atoms in total. The minimum absolute atomic E-state index is 0.884. The Labute approximate surface area is 149 Å². The van der Waals surface area contributed by atoms with Gasteiger partial charge < -0.3 is 0 Å². The standard InChI is InChI=1S/C22H45B/c1-7-11-16(3)14-21(15-23)22(8-2)19(6)17(4)18(5)20-12-9-10-13-20/h16-22H,7-15,23H2,1-6H3. The summed E-state index contributed by atoms with van der Waals surface area (Å²) in [5, 5.41) is 0. The fourth-order valence-corrected chi connectivity index (χ4v) is 5.69. The third kappa shape index (κ3) is 6.13. The molecule has 1 saturated carbocycles. The minimum Gasteiger partial charge on any atom is -0.0780 e. The van der Waals surface area contributed by atoms with Gasteiger partial charge in [0.2, 0.25) is 0 Å². The van der Waals surface area contributed by atoms with Gasteiger partial charge in [-0.1, -0.05) is 92.8 Å². The van der Waals surface area contributed by atoms with E-state index in [2.05, 4.69) is 49.4 Å². The van der Waals surface area contributed by atoms with Crippen molar-refractivity contribution < 1.29 is 0 Å². The highest BCUT2D eigenvalue weighted by molar-refractivity contribution is 6.08. The Morgan fingerprint density at radius 3 is 2.04 bits per heavy atom. The maximum Gasteiger partial charge on any atom is 0.101 e. The summed E-state index contributed by atoms with van der Waals surface area (Å²) >= 11 is 0. The maximum absolute atomic E-state index is 2.58. The van der Waals surface area contributed by atoms with E-state index in [-0.39, 0.29) is 0 Å². The lowest BCUT2D eigenvalue weighted by molar-refractivity contribution is 0.112. The lowest BCUT2D eigenvalue weighted by Crippen LogP contribution is -2.31. The third-order valence-corrected chi connectivity index (χ3v) is 7.57. The SMILES string of the molecule is BCC(CC(C)CCC)C(CC)C(C)C(C)C(C)C1CCCC1. The van der Waals surface area contributed by atoms with Crippen molar-refractivity contribution in [1.82, 2.24) is 0 Å². The Hall–Kier alpha value is 0.0649. The Kier molecular flexibility index (Phi) is 9.94. The molecule has 6 atom stereocenters. The van der Waals surface area contributed by atoms with Crippen molar-refractivity contribution in [3.63, 3.8) is 0 Å². The molecular formula is C22H45B. The molecule has 1 heteroatoms. The molecule has 1 rings (SSSR count). The summed E-state index contributed by atoms with van der Waals surface area (Å²) in [6.45, 7) is 15.0. The second-order valence-electron chi connectivity index (χ2n) is 8.99. The molecule has 0 aromatic rings. The fourth-order valence-electron chi connectivity index (χ4n) is 5.69. The van der Waals surface area contributed by atoms with E-state index in [9.17, 15) is 0 Å². The molecule has 0 amide bonds. The van der Waals surface area contributed by atoms with Crippen molar-refractivity contribution in [3.8, 4) is 0 Å². The second kappa shape index (κ2) is 10.8. The average Bonchev–Trinajstić information content (AvgIpc) is 3.07. The zero-order valence-electron chi connectivity index (χ0n) is 17.4. The third-order valence-electron chi connectivity index (χ3n) is 7.57. The van der Waals surface area contributed by atoms with Crippen LogP contribution in [0.2, 0.25) is 6.32 Å². The molecule has 0 saturated heterocycles. The van der Waals surface area contributed by atoms with Gasteiger partial charge in [-0.15, -0.1) is 0 Å². The molecule has 1 aliphatic carbocycles. The van der Waals surface area contributed by atoms with Gasteiger partial charge in [-0.05, 0) is 47.8 Å². The molecule has 0 radical (unpaired) electrons. The van der Waals surface area contributed by atoms with Gasteiger partial charge in [0.1, 0.15) is 7.85 Å². The van der Waals surface area contributed by atoms with Crippen LogP contribution in [0.3, 0.4) is 0 Å². The van der Waals surface area contributed by atoms with Gasteiger partial charge in [-0.25, -0.2) is 0 Å². The van der Waals surface area contributed by atoms with Gasteiger partial charge in [-0.2, -0.15) is 0 Å². The Morgan fingerprint density at radius 2 is 1.57 bits per heavy atom. The quantitative estimate of drug-likeness (QED) is 0.376. The summed E-state index contributed by atoms with van der Waals surface area (Å²) < 4.78 is 0. The second-order valence-corrected chi connectivity index (χ2v) is 8.99. The molecule has 0 aliphatic heterocycles. The molecule has 0 aromatic heterocycles. The van der Waals surface area contributed by atoms with E-state index in [1.165, 1.54) is 57.7 Å². The molecule has 23 heavy (non-hydrogen) atoms. The van der Waals surface area contributed by atoms with E-state index in [1.807, 2.05) is 0 Å². The first-order chi connectivity index (χ1) is 11.0. The number of rotatable bonds is 11. The minimum atomic E-state index is 0.884. The first kappa shape index (κ1) is 21.1. The van der Waals surface area contributed by atoms with E-state index in [0.29, 0.717) is 0 Å². The van der Waals surface area contributed by atoms with Crippen LogP contribution in [0, 0.1) is 41.4 Å². The molecular weight excluding hydrogens is 275 g/mol. The van der Waals surface area contributed by atoms with Gasteiger partial charge in [0, 0.05) is 0 Å². The van der Waals surface area contributed by atoms with E-state index >= 15 is 0 Å². The van der Waals surface area contributed by atoms with Gasteiger partial charge in [0.15, 0.2) is 0 Å². The van der Waals surface area contributed by atoms with E-state index in [1.54, 1.807) is 0 Å². The predicted octanol–water partition coefficient (Wildman–Crippen LogP) is 6.61. The van der Waals surface area contributed by atoms with Gasteiger partial charge in [0.25, 0.3) is 0 Å². The van der Waals surface area contributed by atoms with Crippen molar-refractivity contribution in [2.75, 3.05) is 0 Å². The summed E-state index contributed by atoms with van der Waals surface area (Å²) in [5.41, 5.74) is 0. The predicted molar refractivity (Wildman–Crippen MR) is 109 cm³/mol. The van der Waals surface area contributed by atoms with Crippen LogP contribution in [0.15, 0.2) is 0 Å². The van der Waals surface area contributed by atoms with Crippen molar-refractivity contribution in [2.24, 2.45) is 41.4 Å².